The van der Waals surface area contributed by atoms with Crippen molar-refractivity contribution in [2.45, 2.75) is 24.9 Å². The molecule has 1 aromatic carbocycles. The largest absolute Gasteiger partial charge is 0.434 e. The van der Waals surface area contributed by atoms with E-state index in [2.05, 4.69) is 5.10 Å². The molecule has 8 heteroatoms. The highest BCUT2D eigenvalue weighted by atomic mass is 32.2. The summed E-state index contributed by atoms with van der Waals surface area (Å²) in [6.07, 6.45) is -4.79. The molecule has 0 amide bonds. The monoisotopic (exact) mass is 304 g/mol. The van der Waals surface area contributed by atoms with Gasteiger partial charge in [-0.2, -0.15) is 26.7 Å². The van der Waals surface area contributed by atoms with Gasteiger partial charge in [-0.15, -0.1) is 4.09 Å². The minimum atomic E-state index is -4.79. The lowest BCUT2D eigenvalue weighted by Crippen LogP contribution is -2.22. The number of nitrogens with zero attached hydrogens (tertiary/aromatic N) is 2. The fourth-order valence-electron chi connectivity index (χ4n) is 1.66. The molecule has 0 bridgehead atoms. The molecule has 1 aromatic heterocycles. The molecule has 1 heterocycles. The molecule has 0 aliphatic carbocycles. The summed E-state index contributed by atoms with van der Waals surface area (Å²) >= 11 is 0. The normalized spacial score (nSPS) is 12.7. The number of alkyl halides is 3. The van der Waals surface area contributed by atoms with Crippen molar-refractivity contribution in [1.82, 2.24) is 9.19 Å². The van der Waals surface area contributed by atoms with Crippen LogP contribution in [0.5, 0.6) is 0 Å². The van der Waals surface area contributed by atoms with Crippen LogP contribution in [0.15, 0.2) is 35.2 Å². The molecule has 0 N–H and O–H groups in total. The van der Waals surface area contributed by atoms with Crippen LogP contribution in [0.1, 0.15) is 17.0 Å². The van der Waals surface area contributed by atoms with E-state index in [-0.39, 0.29) is 14.7 Å². The van der Waals surface area contributed by atoms with Crippen LogP contribution in [-0.4, -0.2) is 17.6 Å². The van der Waals surface area contributed by atoms with Crippen molar-refractivity contribution >= 4 is 10.0 Å². The van der Waals surface area contributed by atoms with E-state index in [1.807, 2.05) is 0 Å². The zero-order valence-corrected chi connectivity index (χ0v) is 11.5. The fourth-order valence-corrected chi connectivity index (χ4v) is 2.99. The first-order chi connectivity index (χ1) is 9.12. The number of hydrogen-bond acceptors (Lipinski definition) is 3. The second-order valence-electron chi connectivity index (χ2n) is 4.33. The molecule has 0 saturated carbocycles. The Balaban J connectivity index is 2.64. The lowest BCUT2D eigenvalue weighted by atomic mass is 10.2. The van der Waals surface area contributed by atoms with Gasteiger partial charge in [0, 0.05) is 0 Å². The molecule has 0 unspecified atom stereocenters. The Kier molecular flexibility index (Phi) is 3.37. The van der Waals surface area contributed by atoms with E-state index < -0.39 is 21.9 Å². The third-order valence-electron chi connectivity index (χ3n) is 2.64. The molecular weight excluding hydrogens is 293 g/mol. The summed E-state index contributed by atoms with van der Waals surface area (Å²) in [6.45, 7) is 3.05. The van der Waals surface area contributed by atoms with E-state index in [9.17, 15) is 21.6 Å². The number of aryl methyl sites for hydroxylation is 2. The van der Waals surface area contributed by atoms with E-state index in [0.717, 1.165) is 5.56 Å². The van der Waals surface area contributed by atoms with E-state index in [1.54, 1.807) is 6.92 Å². The average Bonchev–Trinajstić information content (AvgIpc) is 2.72. The van der Waals surface area contributed by atoms with Gasteiger partial charge in [0.1, 0.15) is 0 Å². The molecule has 108 valence electrons. The fraction of sp³-hybridized carbons (Fsp3) is 0.250. The Bertz CT molecular complexity index is 731. The lowest BCUT2D eigenvalue weighted by Gasteiger charge is -2.11. The molecule has 0 saturated heterocycles. The highest BCUT2D eigenvalue weighted by Gasteiger charge is 2.39. The van der Waals surface area contributed by atoms with Crippen LogP contribution < -0.4 is 0 Å². The van der Waals surface area contributed by atoms with Gasteiger partial charge in [0.15, 0.2) is 5.69 Å². The summed E-state index contributed by atoms with van der Waals surface area (Å²) in [7, 11) is -4.36. The van der Waals surface area contributed by atoms with E-state index in [4.69, 9.17) is 0 Å². The SMILES string of the molecule is Cc1ccc(S(=O)(=O)n2nc(C)cc2C(F)(F)F)cc1. The van der Waals surface area contributed by atoms with E-state index in [1.165, 1.54) is 31.2 Å². The molecule has 0 atom stereocenters. The van der Waals surface area contributed by atoms with Crippen LogP contribution in [0.2, 0.25) is 0 Å². The molecule has 0 spiro atoms. The predicted molar refractivity (Wildman–Crippen MR) is 65.7 cm³/mol. The quantitative estimate of drug-likeness (QED) is 0.857. The maximum Gasteiger partial charge on any atom is 0.434 e. The van der Waals surface area contributed by atoms with Gasteiger partial charge in [0.2, 0.25) is 0 Å². The molecule has 0 fully saturated rings. The maximum absolute atomic E-state index is 12.8. The molecule has 4 nitrogen and oxygen atoms in total. The zero-order valence-electron chi connectivity index (χ0n) is 10.6. The number of halogens is 3. The third kappa shape index (κ3) is 2.55. The minimum absolute atomic E-state index is 0.0204. The highest BCUT2D eigenvalue weighted by Crippen LogP contribution is 2.31. The first-order valence-corrected chi connectivity index (χ1v) is 7.02. The molecule has 2 rings (SSSR count). The summed E-state index contributed by atoms with van der Waals surface area (Å²) in [6, 6.07) is 6.22. The second-order valence-corrected chi connectivity index (χ2v) is 6.10. The van der Waals surface area contributed by atoms with Gasteiger partial charge in [-0.05, 0) is 32.0 Å². The van der Waals surface area contributed by atoms with Gasteiger partial charge in [-0.25, -0.2) is 0 Å². The summed E-state index contributed by atoms with van der Waals surface area (Å²) in [5.74, 6) is 0. The smallest absolute Gasteiger partial charge is 0.199 e. The van der Waals surface area contributed by atoms with Crippen molar-refractivity contribution in [2.24, 2.45) is 0 Å². The summed E-state index contributed by atoms with van der Waals surface area (Å²) < 4.78 is 63.0. The van der Waals surface area contributed by atoms with Crippen LogP contribution >= 0.6 is 0 Å². The number of rotatable bonds is 2. The Morgan fingerprint density at radius 2 is 1.65 bits per heavy atom. The summed E-state index contributed by atoms with van der Waals surface area (Å²) in [5, 5.41) is 3.46. The van der Waals surface area contributed by atoms with Gasteiger partial charge < -0.3 is 0 Å². The van der Waals surface area contributed by atoms with E-state index in [0.29, 0.717) is 6.07 Å². The van der Waals surface area contributed by atoms with Crippen molar-refractivity contribution < 1.29 is 21.6 Å². The lowest BCUT2D eigenvalue weighted by molar-refractivity contribution is -0.142. The summed E-state index contributed by atoms with van der Waals surface area (Å²) in [5.41, 5.74) is -0.528. The predicted octanol–water partition coefficient (Wildman–Crippen LogP) is 2.76. The Labute approximate surface area is 113 Å². The van der Waals surface area contributed by atoms with Crippen LogP contribution in [-0.2, 0) is 16.2 Å². The van der Waals surface area contributed by atoms with Crippen LogP contribution in [0.3, 0.4) is 0 Å². The third-order valence-corrected chi connectivity index (χ3v) is 4.24. The van der Waals surface area contributed by atoms with E-state index >= 15 is 0 Å². The molecule has 0 aliphatic heterocycles. The van der Waals surface area contributed by atoms with Gasteiger partial charge in [-0.3, -0.25) is 0 Å². The Morgan fingerprint density at radius 1 is 1.10 bits per heavy atom. The first-order valence-electron chi connectivity index (χ1n) is 5.58. The van der Waals surface area contributed by atoms with Gasteiger partial charge in [0.25, 0.3) is 10.0 Å². The van der Waals surface area contributed by atoms with Gasteiger partial charge >= 0.3 is 6.18 Å². The standard InChI is InChI=1S/C12H11F3N2O2S/c1-8-3-5-10(6-4-8)20(18,19)17-11(12(13,14)15)7-9(2)16-17/h3-7H,1-2H3. The van der Waals surface area contributed by atoms with Crippen molar-refractivity contribution in [3.63, 3.8) is 0 Å². The van der Waals surface area contributed by atoms with Crippen molar-refractivity contribution in [3.8, 4) is 0 Å². The molecule has 0 radical (unpaired) electrons. The number of aromatic nitrogens is 2. The molecule has 0 aliphatic rings. The van der Waals surface area contributed by atoms with Crippen molar-refractivity contribution in [1.29, 1.82) is 0 Å². The molecule has 2 aromatic rings. The van der Waals surface area contributed by atoms with Gasteiger partial charge in [-0.1, -0.05) is 17.7 Å². The van der Waals surface area contributed by atoms with Crippen molar-refractivity contribution in [3.05, 3.63) is 47.3 Å². The zero-order chi connectivity index (χ0) is 15.1. The molecular formula is C12H11F3N2O2S. The minimum Gasteiger partial charge on any atom is -0.199 e. The van der Waals surface area contributed by atoms with Crippen LogP contribution in [0, 0.1) is 13.8 Å². The van der Waals surface area contributed by atoms with Crippen molar-refractivity contribution in [2.75, 3.05) is 0 Å². The highest BCUT2D eigenvalue weighted by molar-refractivity contribution is 7.89. The summed E-state index contributed by atoms with van der Waals surface area (Å²) in [4.78, 5) is -0.239. The number of hydrogen-bond donors (Lipinski definition) is 0. The topological polar surface area (TPSA) is 52.0 Å². The average molecular weight is 304 g/mol. The van der Waals surface area contributed by atoms with Crippen LogP contribution in [0.25, 0.3) is 0 Å². The second kappa shape index (κ2) is 4.62. The Hall–Kier alpha value is -1.83. The van der Waals surface area contributed by atoms with Gasteiger partial charge in [0.05, 0.1) is 10.6 Å². The Morgan fingerprint density at radius 3 is 2.15 bits per heavy atom. The maximum atomic E-state index is 12.8. The first kappa shape index (κ1) is 14.6. The molecule has 20 heavy (non-hydrogen) atoms. The number of benzene rings is 1. The van der Waals surface area contributed by atoms with Crippen LogP contribution in [0.4, 0.5) is 13.2 Å².